The molecule has 0 fully saturated rings. The average molecular weight is 266 g/mol. The molecule has 1 aromatic carbocycles. The molecule has 3 aromatic heterocycles. The second-order valence-corrected chi connectivity index (χ2v) is 4.51. The van der Waals surface area contributed by atoms with E-state index in [-0.39, 0.29) is 5.56 Å². The highest BCUT2D eigenvalue weighted by atomic mass is 16.5. The van der Waals surface area contributed by atoms with Gasteiger partial charge in [-0.2, -0.15) is 5.10 Å². The lowest BCUT2D eigenvalue weighted by Gasteiger charge is -2.06. The van der Waals surface area contributed by atoms with E-state index in [0.29, 0.717) is 27.8 Å². The summed E-state index contributed by atoms with van der Waals surface area (Å²) in [7, 11) is 1.56. The summed E-state index contributed by atoms with van der Waals surface area (Å²) >= 11 is 0. The number of methoxy groups -OCH3 is 1. The maximum Gasteiger partial charge on any atom is 0.268 e. The molecule has 4 rings (SSSR count). The van der Waals surface area contributed by atoms with Crippen LogP contribution in [-0.4, -0.2) is 26.7 Å². The van der Waals surface area contributed by atoms with E-state index in [1.54, 1.807) is 31.6 Å². The molecular weight excluding hydrogens is 256 g/mol. The first-order valence-corrected chi connectivity index (χ1v) is 6.10. The lowest BCUT2D eigenvalue weighted by molar-refractivity contribution is 0.412. The molecule has 20 heavy (non-hydrogen) atoms. The molecule has 0 spiro atoms. The van der Waals surface area contributed by atoms with Crippen LogP contribution in [0.2, 0.25) is 0 Å². The molecule has 0 saturated carbocycles. The van der Waals surface area contributed by atoms with Crippen molar-refractivity contribution in [1.82, 2.24) is 19.6 Å². The standard InChI is InChI=1S/C14H10N4O2/c1-20-9-3-5-11-16-10-4-2-8-6-15-17-13(8)12(10)14(19)18(11)7-9/h2-7H,1H3,(H,15,17). The van der Waals surface area contributed by atoms with Crippen molar-refractivity contribution in [2.75, 3.05) is 7.11 Å². The van der Waals surface area contributed by atoms with Crippen LogP contribution < -0.4 is 10.3 Å². The van der Waals surface area contributed by atoms with E-state index in [1.807, 2.05) is 12.1 Å². The first kappa shape index (κ1) is 11.0. The number of nitrogens with one attached hydrogen (secondary N) is 1. The van der Waals surface area contributed by atoms with E-state index in [1.165, 1.54) is 4.40 Å². The SMILES string of the molecule is COc1ccc2nc3ccc4cn[nH]c4c3c(=O)n2c1. The summed E-state index contributed by atoms with van der Waals surface area (Å²) in [6.45, 7) is 0. The lowest BCUT2D eigenvalue weighted by atomic mass is 10.2. The Morgan fingerprint density at radius 1 is 1.25 bits per heavy atom. The van der Waals surface area contributed by atoms with Gasteiger partial charge in [-0.15, -0.1) is 0 Å². The second-order valence-electron chi connectivity index (χ2n) is 4.51. The van der Waals surface area contributed by atoms with Crippen molar-refractivity contribution in [3.63, 3.8) is 0 Å². The highest BCUT2D eigenvalue weighted by Gasteiger charge is 2.10. The molecule has 0 aliphatic heterocycles. The van der Waals surface area contributed by atoms with Crippen LogP contribution in [-0.2, 0) is 0 Å². The Morgan fingerprint density at radius 3 is 3.00 bits per heavy atom. The molecule has 6 heteroatoms. The van der Waals surface area contributed by atoms with E-state index in [9.17, 15) is 4.79 Å². The Hall–Kier alpha value is -2.89. The molecule has 0 atom stereocenters. The zero-order valence-electron chi connectivity index (χ0n) is 10.6. The largest absolute Gasteiger partial charge is 0.495 e. The monoisotopic (exact) mass is 266 g/mol. The Bertz CT molecular complexity index is 1020. The molecule has 0 aliphatic rings. The van der Waals surface area contributed by atoms with Gasteiger partial charge in [0.15, 0.2) is 0 Å². The lowest BCUT2D eigenvalue weighted by Crippen LogP contribution is -2.15. The molecule has 0 radical (unpaired) electrons. The molecule has 6 nitrogen and oxygen atoms in total. The van der Waals surface area contributed by atoms with Crippen LogP contribution >= 0.6 is 0 Å². The summed E-state index contributed by atoms with van der Waals surface area (Å²) in [6.07, 6.45) is 3.33. The number of aromatic nitrogens is 4. The van der Waals surface area contributed by atoms with Crippen LogP contribution in [0.4, 0.5) is 0 Å². The molecule has 0 aliphatic carbocycles. The summed E-state index contributed by atoms with van der Waals surface area (Å²) in [4.78, 5) is 17.2. The van der Waals surface area contributed by atoms with Gasteiger partial charge in [0.1, 0.15) is 11.4 Å². The number of pyridine rings is 1. The molecule has 3 heterocycles. The molecule has 1 N–H and O–H groups in total. The predicted molar refractivity (Wildman–Crippen MR) is 75.2 cm³/mol. The Kier molecular flexibility index (Phi) is 2.09. The van der Waals surface area contributed by atoms with Crippen LogP contribution in [0, 0.1) is 0 Å². The first-order chi connectivity index (χ1) is 9.78. The number of nitrogens with zero attached hydrogens (tertiary/aromatic N) is 3. The number of hydrogen-bond donors (Lipinski definition) is 1. The average Bonchev–Trinajstić information content (AvgIpc) is 2.95. The van der Waals surface area contributed by atoms with Gasteiger partial charge in [-0.1, -0.05) is 0 Å². The van der Waals surface area contributed by atoms with Crippen LogP contribution in [0.3, 0.4) is 0 Å². The maximum atomic E-state index is 12.7. The van der Waals surface area contributed by atoms with Gasteiger partial charge in [0.05, 0.1) is 35.9 Å². The Balaban J connectivity index is 2.28. The summed E-state index contributed by atoms with van der Waals surface area (Å²) in [5.41, 5.74) is 1.80. The van der Waals surface area contributed by atoms with E-state index < -0.39 is 0 Å². The topological polar surface area (TPSA) is 72.3 Å². The molecule has 0 bridgehead atoms. The van der Waals surface area contributed by atoms with E-state index in [4.69, 9.17) is 4.74 Å². The van der Waals surface area contributed by atoms with Crippen LogP contribution in [0.15, 0.2) is 41.5 Å². The van der Waals surface area contributed by atoms with Gasteiger partial charge in [-0.25, -0.2) is 4.98 Å². The van der Waals surface area contributed by atoms with Crippen LogP contribution in [0.1, 0.15) is 0 Å². The van der Waals surface area contributed by atoms with Crippen molar-refractivity contribution in [3.8, 4) is 5.75 Å². The number of ether oxygens (including phenoxy) is 1. The van der Waals surface area contributed by atoms with Gasteiger partial charge < -0.3 is 4.74 Å². The third kappa shape index (κ3) is 1.36. The Morgan fingerprint density at radius 2 is 2.15 bits per heavy atom. The smallest absolute Gasteiger partial charge is 0.268 e. The van der Waals surface area contributed by atoms with E-state index in [2.05, 4.69) is 15.2 Å². The minimum atomic E-state index is -0.140. The van der Waals surface area contributed by atoms with Crippen LogP contribution in [0.5, 0.6) is 5.75 Å². The predicted octanol–water partition coefficient (Wildman–Crippen LogP) is 1.73. The number of fused-ring (bicyclic) bond motifs is 4. The van der Waals surface area contributed by atoms with E-state index >= 15 is 0 Å². The molecule has 0 unspecified atom stereocenters. The Labute approximate surface area is 112 Å². The molecule has 4 aromatic rings. The van der Waals surface area contributed by atoms with Crippen molar-refractivity contribution in [2.45, 2.75) is 0 Å². The second kappa shape index (κ2) is 3.80. The third-order valence-electron chi connectivity index (χ3n) is 3.40. The van der Waals surface area contributed by atoms with Crippen molar-refractivity contribution in [2.24, 2.45) is 0 Å². The summed E-state index contributed by atoms with van der Waals surface area (Å²) in [5, 5.41) is 8.26. The fourth-order valence-corrected chi connectivity index (χ4v) is 2.40. The molecule has 98 valence electrons. The van der Waals surface area contributed by atoms with Crippen molar-refractivity contribution >= 4 is 27.5 Å². The van der Waals surface area contributed by atoms with Gasteiger partial charge in [0.25, 0.3) is 5.56 Å². The van der Waals surface area contributed by atoms with Gasteiger partial charge in [0.2, 0.25) is 0 Å². The molecular formula is C14H10N4O2. The molecule has 0 saturated heterocycles. The summed E-state index contributed by atoms with van der Waals surface area (Å²) in [6, 6.07) is 7.27. The van der Waals surface area contributed by atoms with Crippen LogP contribution in [0.25, 0.3) is 27.5 Å². The fourth-order valence-electron chi connectivity index (χ4n) is 2.40. The number of H-pyrrole nitrogens is 1. The minimum absolute atomic E-state index is 0.140. The quantitative estimate of drug-likeness (QED) is 0.532. The minimum Gasteiger partial charge on any atom is -0.495 e. The van der Waals surface area contributed by atoms with Gasteiger partial charge in [0, 0.05) is 5.39 Å². The van der Waals surface area contributed by atoms with Crippen molar-refractivity contribution in [1.29, 1.82) is 0 Å². The third-order valence-corrected chi connectivity index (χ3v) is 3.40. The van der Waals surface area contributed by atoms with E-state index in [0.717, 1.165) is 5.39 Å². The van der Waals surface area contributed by atoms with Gasteiger partial charge in [-0.05, 0) is 24.3 Å². The zero-order chi connectivity index (χ0) is 13.7. The summed E-state index contributed by atoms with van der Waals surface area (Å²) in [5.74, 6) is 0.609. The summed E-state index contributed by atoms with van der Waals surface area (Å²) < 4.78 is 6.64. The van der Waals surface area contributed by atoms with Gasteiger partial charge in [-0.3, -0.25) is 14.3 Å². The highest BCUT2D eigenvalue weighted by molar-refractivity contribution is 6.03. The number of rotatable bonds is 1. The number of aromatic amines is 1. The maximum absolute atomic E-state index is 12.7. The number of benzene rings is 1. The highest BCUT2D eigenvalue weighted by Crippen LogP contribution is 2.20. The fraction of sp³-hybridized carbons (Fsp3) is 0.0714. The van der Waals surface area contributed by atoms with Crippen molar-refractivity contribution < 1.29 is 4.74 Å². The first-order valence-electron chi connectivity index (χ1n) is 6.10. The van der Waals surface area contributed by atoms with Gasteiger partial charge >= 0.3 is 0 Å². The van der Waals surface area contributed by atoms with Crippen molar-refractivity contribution in [3.05, 3.63) is 47.0 Å². The normalized spacial score (nSPS) is 11.4. The number of hydrogen-bond acceptors (Lipinski definition) is 4. The zero-order valence-corrected chi connectivity index (χ0v) is 10.6. The molecule has 0 amide bonds.